The average Bonchev–Trinajstić information content (AvgIpc) is 3.31. The maximum absolute atomic E-state index is 12.7. The number of cyclic esters (lactones) is 1. The lowest BCUT2D eigenvalue weighted by atomic mass is 9.76. The maximum Gasteiger partial charge on any atom is 0.312 e. The zero-order valence-corrected chi connectivity index (χ0v) is 17.5. The first-order valence-corrected chi connectivity index (χ1v) is 11.2. The van der Waals surface area contributed by atoms with Crippen molar-refractivity contribution in [2.24, 2.45) is 5.41 Å². The molecule has 5 heteroatoms. The molecule has 4 nitrogen and oxygen atoms in total. The van der Waals surface area contributed by atoms with Gasteiger partial charge in [0.15, 0.2) is 0 Å². The summed E-state index contributed by atoms with van der Waals surface area (Å²) in [7, 11) is 2.13. The van der Waals surface area contributed by atoms with E-state index in [1.807, 2.05) is 0 Å². The van der Waals surface area contributed by atoms with Gasteiger partial charge in [0, 0.05) is 26.1 Å². The Bertz CT molecular complexity index is 754. The first kappa shape index (κ1) is 19.6. The van der Waals surface area contributed by atoms with E-state index in [4.69, 9.17) is 4.74 Å². The predicted molar refractivity (Wildman–Crippen MR) is 113 cm³/mol. The SMILES string of the molecule is CN(CCc1ccccc1)CC1CC2(CCN(Cc3ccsc3)CC2)C(=O)O1. The summed E-state index contributed by atoms with van der Waals surface area (Å²) in [6, 6.07) is 12.8. The van der Waals surface area contributed by atoms with E-state index in [-0.39, 0.29) is 17.5 Å². The number of likely N-dealkylation sites (tertiary alicyclic amines) is 1. The molecule has 2 aliphatic heterocycles. The van der Waals surface area contributed by atoms with E-state index in [1.165, 1.54) is 11.1 Å². The Morgan fingerprint density at radius 1 is 1.18 bits per heavy atom. The molecule has 0 aliphatic carbocycles. The predicted octanol–water partition coefficient (Wildman–Crippen LogP) is 3.82. The summed E-state index contributed by atoms with van der Waals surface area (Å²) in [5, 5.41) is 4.35. The second-order valence-corrected chi connectivity index (χ2v) is 9.20. The number of thiophene rings is 1. The zero-order chi connectivity index (χ0) is 19.4. The van der Waals surface area contributed by atoms with Gasteiger partial charge in [-0.05, 0) is 67.4 Å². The highest BCUT2D eigenvalue weighted by atomic mass is 32.1. The number of hydrogen-bond acceptors (Lipinski definition) is 5. The molecule has 2 aliphatic rings. The molecule has 0 amide bonds. The van der Waals surface area contributed by atoms with Gasteiger partial charge in [0.1, 0.15) is 6.10 Å². The molecule has 2 saturated heterocycles. The van der Waals surface area contributed by atoms with Gasteiger partial charge in [0.25, 0.3) is 0 Å². The lowest BCUT2D eigenvalue weighted by Gasteiger charge is -2.36. The van der Waals surface area contributed by atoms with Crippen LogP contribution in [0.25, 0.3) is 0 Å². The summed E-state index contributed by atoms with van der Waals surface area (Å²) in [5.74, 6) is 0.0455. The number of carbonyl (C=O) groups excluding carboxylic acids is 1. The van der Waals surface area contributed by atoms with Gasteiger partial charge in [-0.25, -0.2) is 0 Å². The number of carbonyl (C=O) groups is 1. The summed E-state index contributed by atoms with van der Waals surface area (Å²) in [5.41, 5.74) is 2.50. The second kappa shape index (κ2) is 8.76. The van der Waals surface area contributed by atoms with Crippen molar-refractivity contribution in [1.82, 2.24) is 9.80 Å². The number of esters is 1. The van der Waals surface area contributed by atoms with Crippen LogP contribution in [0.5, 0.6) is 0 Å². The molecule has 2 fully saturated rings. The van der Waals surface area contributed by atoms with Crippen molar-refractivity contribution in [1.29, 1.82) is 0 Å². The number of likely N-dealkylation sites (N-methyl/N-ethyl adjacent to an activating group) is 1. The first-order valence-electron chi connectivity index (χ1n) is 10.3. The fourth-order valence-corrected chi connectivity index (χ4v) is 5.19. The lowest BCUT2D eigenvalue weighted by Crippen LogP contribution is -2.42. The third kappa shape index (κ3) is 4.65. The van der Waals surface area contributed by atoms with Gasteiger partial charge >= 0.3 is 5.97 Å². The van der Waals surface area contributed by atoms with Gasteiger partial charge < -0.3 is 9.64 Å². The molecule has 4 rings (SSSR count). The molecule has 1 aromatic heterocycles. The topological polar surface area (TPSA) is 32.8 Å². The largest absolute Gasteiger partial charge is 0.461 e. The van der Waals surface area contributed by atoms with Crippen LogP contribution in [0.2, 0.25) is 0 Å². The normalized spacial score (nSPS) is 22.1. The molecule has 0 bridgehead atoms. The van der Waals surface area contributed by atoms with Crippen molar-refractivity contribution < 1.29 is 9.53 Å². The van der Waals surface area contributed by atoms with Crippen molar-refractivity contribution in [3.63, 3.8) is 0 Å². The summed E-state index contributed by atoms with van der Waals surface area (Å²) >= 11 is 1.75. The number of benzene rings is 1. The summed E-state index contributed by atoms with van der Waals surface area (Å²) in [4.78, 5) is 17.5. The third-order valence-corrected chi connectivity index (χ3v) is 7.00. The fourth-order valence-electron chi connectivity index (χ4n) is 4.53. The molecule has 0 N–H and O–H groups in total. The number of ether oxygens (including phenoxy) is 1. The molecule has 28 heavy (non-hydrogen) atoms. The highest BCUT2D eigenvalue weighted by molar-refractivity contribution is 7.07. The summed E-state index contributed by atoms with van der Waals surface area (Å²) < 4.78 is 5.82. The smallest absolute Gasteiger partial charge is 0.312 e. The number of piperidine rings is 1. The number of rotatable bonds is 7. The molecular formula is C23H30N2O2S. The van der Waals surface area contributed by atoms with Gasteiger partial charge in [0.05, 0.1) is 5.41 Å². The Labute approximate surface area is 172 Å². The van der Waals surface area contributed by atoms with Crippen molar-refractivity contribution >= 4 is 17.3 Å². The minimum Gasteiger partial charge on any atom is -0.461 e. The molecule has 1 aromatic carbocycles. The first-order chi connectivity index (χ1) is 13.6. The molecular weight excluding hydrogens is 368 g/mol. The van der Waals surface area contributed by atoms with Crippen LogP contribution in [-0.2, 0) is 22.5 Å². The molecule has 0 saturated carbocycles. The van der Waals surface area contributed by atoms with Crippen LogP contribution in [0.4, 0.5) is 0 Å². The van der Waals surface area contributed by atoms with Crippen LogP contribution in [-0.4, -0.2) is 55.1 Å². The van der Waals surface area contributed by atoms with Crippen molar-refractivity contribution in [3.05, 3.63) is 58.3 Å². The molecule has 3 heterocycles. The number of nitrogens with zero attached hydrogens (tertiary/aromatic N) is 2. The van der Waals surface area contributed by atoms with Crippen LogP contribution in [0.15, 0.2) is 47.2 Å². The Morgan fingerprint density at radius 2 is 1.96 bits per heavy atom. The van der Waals surface area contributed by atoms with Gasteiger partial charge in [-0.1, -0.05) is 30.3 Å². The molecule has 1 unspecified atom stereocenters. The fraction of sp³-hybridized carbons (Fsp3) is 0.522. The number of hydrogen-bond donors (Lipinski definition) is 0. The van der Waals surface area contributed by atoms with Crippen LogP contribution in [0.1, 0.15) is 30.4 Å². The molecule has 0 radical (unpaired) electrons. The Morgan fingerprint density at radius 3 is 2.68 bits per heavy atom. The summed E-state index contributed by atoms with van der Waals surface area (Å²) in [6.45, 7) is 4.79. The molecule has 150 valence electrons. The standard InChI is InChI=1S/C23H30N2O2S/c1-24(11-7-19-5-3-2-4-6-19)17-21-15-23(22(26)27-21)9-12-25(13-10-23)16-20-8-14-28-18-20/h2-6,8,14,18,21H,7,9-13,15-17H2,1H3. The van der Waals surface area contributed by atoms with Crippen LogP contribution in [0.3, 0.4) is 0 Å². The van der Waals surface area contributed by atoms with E-state index in [1.54, 1.807) is 11.3 Å². The van der Waals surface area contributed by atoms with Crippen molar-refractivity contribution in [3.8, 4) is 0 Å². The van der Waals surface area contributed by atoms with E-state index in [9.17, 15) is 4.79 Å². The van der Waals surface area contributed by atoms with Crippen LogP contribution >= 0.6 is 11.3 Å². The Kier molecular flexibility index (Phi) is 6.14. The minimum absolute atomic E-state index is 0.0386. The molecule has 2 aromatic rings. The van der Waals surface area contributed by atoms with Crippen LogP contribution in [0, 0.1) is 5.41 Å². The molecule has 1 spiro atoms. The van der Waals surface area contributed by atoms with Gasteiger partial charge in [-0.15, -0.1) is 0 Å². The Balaban J connectivity index is 1.24. The lowest BCUT2D eigenvalue weighted by molar-refractivity contribution is -0.151. The monoisotopic (exact) mass is 398 g/mol. The van der Waals surface area contributed by atoms with E-state index < -0.39 is 0 Å². The zero-order valence-electron chi connectivity index (χ0n) is 16.7. The second-order valence-electron chi connectivity index (χ2n) is 8.42. The van der Waals surface area contributed by atoms with Gasteiger partial charge in [-0.2, -0.15) is 11.3 Å². The van der Waals surface area contributed by atoms with Crippen molar-refractivity contribution in [2.45, 2.75) is 38.3 Å². The highest BCUT2D eigenvalue weighted by Gasteiger charge is 2.50. The average molecular weight is 399 g/mol. The van der Waals surface area contributed by atoms with E-state index in [2.05, 4.69) is 64.0 Å². The summed E-state index contributed by atoms with van der Waals surface area (Å²) in [6.07, 6.45) is 3.81. The highest BCUT2D eigenvalue weighted by Crippen LogP contribution is 2.43. The maximum atomic E-state index is 12.7. The minimum atomic E-state index is -0.240. The van der Waals surface area contributed by atoms with E-state index >= 15 is 0 Å². The Hall–Kier alpha value is -1.69. The van der Waals surface area contributed by atoms with Crippen molar-refractivity contribution in [2.75, 3.05) is 33.2 Å². The molecule has 1 atom stereocenters. The van der Waals surface area contributed by atoms with E-state index in [0.29, 0.717) is 0 Å². The van der Waals surface area contributed by atoms with Gasteiger partial charge in [0.2, 0.25) is 0 Å². The third-order valence-electron chi connectivity index (χ3n) is 6.26. The van der Waals surface area contributed by atoms with Crippen LogP contribution < -0.4 is 0 Å². The quantitative estimate of drug-likeness (QED) is 0.664. The van der Waals surface area contributed by atoms with Gasteiger partial charge in [-0.3, -0.25) is 9.69 Å². The van der Waals surface area contributed by atoms with E-state index in [0.717, 1.165) is 58.4 Å².